The van der Waals surface area contributed by atoms with E-state index in [2.05, 4.69) is 10.2 Å². The quantitative estimate of drug-likeness (QED) is 0.577. The van der Waals surface area contributed by atoms with Crippen LogP contribution in [0.25, 0.3) is 27.7 Å². The number of carbonyl (C=O) groups excluding carboxylic acids is 1. The molecule has 2 aromatic carbocycles. The monoisotopic (exact) mass is 289 g/mol. The number of aldehydes is 1. The summed E-state index contributed by atoms with van der Waals surface area (Å²) in [7, 11) is 0. The summed E-state index contributed by atoms with van der Waals surface area (Å²) in [4.78, 5) is 23.3. The van der Waals surface area contributed by atoms with Crippen LogP contribution in [0.15, 0.2) is 59.4 Å². The zero-order chi connectivity index (χ0) is 15.1. The van der Waals surface area contributed by atoms with Crippen LogP contribution in [0.1, 0.15) is 10.4 Å². The van der Waals surface area contributed by atoms with Gasteiger partial charge in [0.2, 0.25) is 0 Å². The van der Waals surface area contributed by atoms with Crippen molar-refractivity contribution in [1.82, 2.24) is 14.6 Å². The second-order valence-electron chi connectivity index (χ2n) is 5.00. The van der Waals surface area contributed by atoms with Crippen molar-refractivity contribution in [3.05, 3.63) is 70.6 Å². The number of H-pyrrole nitrogens is 1. The van der Waals surface area contributed by atoms with E-state index in [1.54, 1.807) is 6.07 Å². The first kappa shape index (κ1) is 12.5. The molecule has 22 heavy (non-hydrogen) atoms. The summed E-state index contributed by atoms with van der Waals surface area (Å²) in [6, 6.07) is 16.8. The number of fused-ring (bicyclic) bond motifs is 3. The van der Waals surface area contributed by atoms with E-state index >= 15 is 0 Å². The fourth-order valence-electron chi connectivity index (χ4n) is 2.81. The van der Waals surface area contributed by atoms with Gasteiger partial charge in [0.1, 0.15) is 0 Å². The maximum Gasteiger partial charge on any atom is 0.348 e. The SMILES string of the molecule is O=Cc1ccccc1-c1cc2n[nH]c(=O)n2c2ccccc12. The van der Waals surface area contributed by atoms with Crippen LogP contribution >= 0.6 is 0 Å². The molecular weight excluding hydrogens is 278 g/mol. The first-order valence-electron chi connectivity index (χ1n) is 6.83. The van der Waals surface area contributed by atoms with Crippen molar-refractivity contribution in [3.63, 3.8) is 0 Å². The Morgan fingerprint density at radius 2 is 1.77 bits per heavy atom. The second-order valence-corrected chi connectivity index (χ2v) is 5.00. The third kappa shape index (κ3) is 1.69. The predicted molar refractivity (Wildman–Crippen MR) is 84.1 cm³/mol. The molecule has 0 aliphatic rings. The largest absolute Gasteiger partial charge is 0.348 e. The fourth-order valence-corrected chi connectivity index (χ4v) is 2.81. The molecule has 0 unspecified atom stereocenters. The molecule has 0 atom stereocenters. The van der Waals surface area contributed by atoms with Crippen molar-refractivity contribution in [2.45, 2.75) is 0 Å². The molecule has 0 saturated heterocycles. The number of aromatic nitrogens is 3. The van der Waals surface area contributed by atoms with Gasteiger partial charge in [-0.25, -0.2) is 14.3 Å². The fraction of sp³-hybridized carbons (Fsp3) is 0. The average molecular weight is 289 g/mol. The van der Waals surface area contributed by atoms with Gasteiger partial charge in [-0.2, -0.15) is 5.10 Å². The van der Waals surface area contributed by atoms with Crippen LogP contribution in [0.5, 0.6) is 0 Å². The van der Waals surface area contributed by atoms with E-state index in [0.717, 1.165) is 28.3 Å². The van der Waals surface area contributed by atoms with Crippen molar-refractivity contribution >= 4 is 22.8 Å². The Morgan fingerprint density at radius 3 is 2.64 bits per heavy atom. The minimum Gasteiger partial charge on any atom is -0.298 e. The van der Waals surface area contributed by atoms with Crippen LogP contribution in [0.2, 0.25) is 0 Å². The van der Waals surface area contributed by atoms with Crippen LogP contribution in [0.3, 0.4) is 0 Å². The molecule has 106 valence electrons. The summed E-state index contributed by atoms with van der Waals surface area (Å²) in [6.45, 7) is 0. The van der Waals surface area contributed by atoms with Gasteiger partial charge in [0.05, 0.1) is 5.52 Å². The van der Waals surface area contributed by atoms with E-state index in [9.17, 15) is 9.59 Å². The number of benzene rings is 2. The number of aromatic amines is 1. The lowest BCUT2D eigenvalue weighted by Gasteiger charge is -2.10. The minimum absolute atomic E-state index is 0.276. The molecule has 0 aliphatic heterocycles. The van der Waals surface area contributed by atoms with Gasteiger partial charge >= 0.3 is 5.69 Å². The molecule has 2 heterocycles. The van der Waals surface area contributed by atoms with Gasteiger partial charge in [-0.05, 0) is 23.3 Å². The molecule has 5 heteroatoms. The molecule has 2 aromatic heterocycles. The summed E-state index contributed by atoms with van der Waals surface area (Å²) in [5, 5.41) is 7.41. The van der Waals surface area contributed by atoms with E-state index in [-0.39, 0.29) is 5.69 Å². The number of para-hydroxylation sites is 1. The summed E-state index contributed by atoms with van der Waals surface area (Å²) in [5.41, 5.74) is 3.32. The van der Waals surface area contributed by atoms with E-state index in [1.807, 2.05) is 48.5 Å². The summed E-state index contributed by atoms with van der Waals surface area (Å²) < 4.78 is 1.53. The molecule has 0 spiro atoms. The van der Waals surface area contributed by atoms with Crippen molar-refractivity contribution in [3.8, 4) is 11.1 Å². The topological polar surface area (TPSA) is 67.2 Å². The Labute approximate surface area is 124 Å². The number of rotatable bonds is 2. The van der Waals surface area contributed by atoms with Crippen LogP contribution in [-0.4, -0.2) is 20.9 Å². The van der Waals surface area contributed by atoms with Crippen molar-refractivity contribution in [2.24, 2.45) is 0 Å². The molecule has 4 aromatic rings. The Kier molecular flexibility index (Phi) is 2.66. The first-order chi connectivity index (χ1) is 10.8. The number of pyridine rings is 1. The highest BCUT2D eigenvalue weighted by Crippen LogP contribution is 2.31. The highest BCUT2D eigenvalue weighted by molar-refractivity contribution is 6.01. The van der Waals surface area contributed by atoms with Gasteiger partial charge in [-0.1, -0.05) is 42.5 Å². The average Bonchev–Trinajstić information content (AvgIpc) is 2.95. The Balaban J connectivity index is 2.22. The van der Waals surface area contributed by atoms with E-state index in [1.165, 1.54) is 4.40 Å². The van der Waals surface area contributed by atoms with E-state index < -0.39 is 0 Å². The van der Waals surface area contributed by atoms with Gasteiger partial charge in [-0.15, -0.1) is 0 Å². The third-order valence-electron chi connectivity index (χ3n) is 3.78. The molecule has 5 nitrogen and oxygen atoms in total. The van der Waals surface area contributed by atoms with Crippen molar-refractivity contribution < 1.29 is 4.79 Å². The molecule has 0 saturated carbocycles. The molecule has 0 radical (unpaired) electrons. The number of nitrogens with one attached hydrogen (secondary N) is 1. The lowest BCUT2D eigenvalue weighted by atomic mass is 9.97. The smallest absolute Gasteiger partial charge is 0.298 e. The molecule has 0 bridgehead atoms. The Hall–Kier alpha value is -3.21. The zero-order valence-corrected chi connectivity index (χ0v) is 11.5. The van der Waals surface area contributed by atoms with Crippen LogP contribution in [-0.2, 0) is 0 Å². The molecule has 0 aliphatic carbocycles. The second kappa shape index (κ2) is 4.66. The molecule has 1 N–H and O–H groups in total. The molecule has 4 rings (SSSR count). The maximum atomic E-state index is 12.0. The summed E-state index contributed by atoms with van der Waals surface area (Å²) in [5.74, 6) is 0. The highest BCUT2D eigenvalue weighted by Gasteiger charge is 2.13. The first-order valence-corrected chi connectivity index (χ1v) is 6.83. The molecule has 0 fully saturated rings. The zero-order valence-electron chi connectivity index (χ0n) is 11.5. The van der Waals surface area contributed by atoms with Gasteiger partial charge < -0.3 is 0 Å². The van der Waals surface area contributed by atoms with Gasteiger partial charge in [0, 0.05) is 10.9 Å². The van der Waals surface area contributed by atoms with Gasteiger partial charge in [-0.3, -0.25) is 4.79 Å². The summed E-state index contributed by atoms with van der Waals surface area (Å²) in [6.07, 6.45) is 0.838. The number of nitrogens with zero attached hydrogens (tertiary/aromatic N) is 2. The highest BCUT2D eigenvalue weighted by atomic mass is 16.1. The maximum absolute atomic E-state index is 12.0. The number of hydrogen-bond acceptors (Lipinski definition) is 3. The number of carbonyl (C=O) groups is 1. The standard InChI is InChI=1S/C17H11N3O2/c21-10-11-5-1-2-6-12(11)14-9-16-18-19-17(22)20(16)15-8-4-3-7-13(14)15/h1-10H,(H,19,22). The van der Waals surface area contributed by atoms with Crippen molar-refractivity contribution in [2.75, 3.05) is 0 Å². The predicted octanol–water partition coefficient (Wildman–Crippen LogP) is 2.66. The Morgan fingerprint density at radius 1 is 1.00 bits per heavy atom. The van der Waals surface area contributed by atoms with Crippen LogP contribution < -0.4 is 5.69 Å². The van der Waals surface area contributed by atoms with Crippen LogP contribution in [0.4, 0.5) is 0 Å². The van der Waals surface area contributed by atoms with Gasteiger partial charge in [0.25, 0.3) is 0 Å². The normalized spacial score (nSPS) is 11.1. The van der Waals surface area contributed by atoms with E-state index in [0.29, 0.717) is 11.2 Å². The Bertz CT molecular complexity index is 1080. The van der Waals surface area contributed by atoms with Gasteiger partial charge in [0.15, 0.2) is 11.9 Å². The lowest BCUT2D eigenvalue weighted by molar-refractivity contribution is 0.112. The van der Waals surface area contributed by atoms with Crippen molar-refractivity contribution in [1.29, 1.82) is 0 Å². The third-order valence-corrected chi connectivity index (χ3v) is 3.78. The number of hydrogen-bond donors (Lipinski definition) is 1. The van der Waals surface area contributed by atoms with Crippen LogP contribution in [0, 0.1) is 0 Å². The minimum atomic E-state index is -0.276. The molecule has 0 amide bonds. The summed E-state index contributed by atoms with van der Waals surface area (Å²) >= 11 is 0. The molecular formula is C17H11N3O2. The van der Waals surface area contributed by atoms with E-state index in [4.69, 9.17) is 0 Å². The lowest BCUT2D eigenvalue weighted by Crippen LogP contribution is -2.10.